The Balaban J connectivity index is 1.24. The largest absolute Gasteiger partial charge is 0.456 e. The number of fused-ring (bicyclic) bond motifs is 14. The number of nitrogens with zero attached hydrogens (tertiary/aromatic N) is 2. The molecule has 9 aromatic rings. The summed E-state index contributed by atoms with van der Waals surface area (Å²) in [7, 11) is 0. The van der Waals surface area contributed by atoms with Gasteiger partial charge in [0.15, 0.2) is 0 Å². The lowest BCUT2D eigenvalue weighted by atomic mass is 9.43. The van der Waals surface area contributed by atoms with Crippen LogP contribution in [0.5, 0.6) is 0 Å². The van der Waals surface area contributed by atoms with Crippen molar-refractivity contribution >= 4 is 72.9 Å². The monoisotopic (exact) mass is 736 g/mol. The van der Waals surface area contributed by atoms with Crippen molar-refractivity contribution in [3.8, 4) is 27.9 Å². The van der Waals surface area contributed by atoms with E-state index in [9.17, 15) is 0 Å². The first-order chi connectivity index (χ1) is 27.3. The highest BCUT2D eigenvalue weighted by Crippen LogP contribution is 2.53. The van der Waals surface area contributed by atoms with Crippen molar-refractivity contribution in [3.05, 3.63) is 150 Å². The van der Waals surface area contributed by atoms with Gasteiger partial charge in [0.1, 0.15) is 11.2 Å². The Morgan fingerprint density at radius 1 is 0.526 bits per heavy atom. The zero-order valence-corrected chi connectivity index (χ0v) is 34.0. The molecule has 0 amide bonds. The van der Waals surface area contributed by atoms with E-state index in [1.54, 1.807) is 0 Å². The molecule has 0 radical (unpaired) electrons. The van der Waals surface area contributed by atoms with Gasteiger partial charge in [-0.25, -0.2) is 0 Å². The predicted octanol–water partition coefficient (Wildman–Crippen LogP) is 12.8. The third-order valence-corrected chi connectivity index (χ3v) is 13.7. The average molecular weight is 737 g/mol. The Labute approximate surface area is 334 Å². The third-order valence-electron chi connectivity index (χ3n) is 13.7. The van der Waals surface area contributed by atoms with E-state index in [2.05, 4.69) is 192 Å². The fraction of sp³-hybridized carbons (Fsp3) is 0.208. The maximum Gasteiger partial charge on any atom is 0.333 e. The predicted molar refractivity (Wildman–Crippen MR) is 242 cm³/mol. The smallest absolute Gasteiger partial charge is 0.333 e. The van der Waals surface area contributed by atoms with Gasteiger partial charge in [-0.2, -0.15) is 0 Å². The van der Waals surface area contributed by atoms with Gasteiger partial charge in [-0.1, -0.05) is 134 Å². The van der Waals surface area contributed by atoms with E-state index in [4.69, 9.17) is 4.42 Å². The van der Waals surface area contributed by atoms with Gasteiger partial charge in [-0.15, -0.1) is 0 Å². The number of para-hydroxylation sites is 1. The van der Waals surface area contributed by atoms with E-state index in [-0.39, 0.29) is 23.1 Å². The minimum atomic E-state index is -0.0854. The number of anilines is 2. The molecule has 0 saturated carbocycles. The quantitative estimate of drug-likeness (QED) is 0.157. The molecule has 4 heteroatoms. The Bertz CT molecular complexity index is 3230. The van der Waals surface area contributed by atoms with Gasteiger partial charge in [0, 0.05) is 49.6 Å². The van der Waals surface area contributed by atoms with E-state index < -0.39 is 0 Å². The highest BCUT2D eigenvalue weighted by atomic mass is 16.3. The summed E-state index contributed by atoms with van der Waals surface area (Å²) in [6.45, 7) is 18.6. The zero-order chi connectivity index (χ0) is 38.9. The Morgan fingerprint density at radius 3 is 2.05 bits per heavy atom. The molecule has 0 unspecified atom stereocenters. The molecule has 0 N–H and O–H groups in total. The van der Waals surface area contributed by atoms with Crippen LogP contribution in [0.4, 0.5) is 11.4 Å². The number of rotatable bonds is 1. The Morgan fingerprint density at radius 2 is 1.26 bits per heavy atom. The van der Waals surface area contributed by atoms with Gasteiger partial charge in [-0.3, -0.25) is 0 Å². The Kier molecular flexibility index (Phi) is 6.22. The lowest BCUT2D eigenvalue weighted by Crippen LogP contribution is -2.60. The van der Waals surface area contributed by atoms with E-state index in [1.165, 1.54) is 94.3 Å². The summed E-state index contributed by atoms with van der Waals surface area (Å²) in [5, 5.41) is 4.93. The molecule has 276 valence electrons. The summed E-state index contributed by atoms with van der Waals surface area (Å²) in [6, 6.07) is 48.7. The van der Waals surface area contributed by atoms with Crippen molar-refractivity contribution in [3.63, 3.8) is 0 Å². The third kappa shape index (κ3) is 4.28. The van der Waals surface area contributed by atoms with E-state index in [1.807, 2.05) is 0 Å². The molecule has 12 rings (SSSR count). The van der Waals surface area contributed by atoms with Crippen molar-refractivity contribution in [1.82, 2.24) is 4.57 Å². The number of hydrogen-bond donors (Lipinski definition) is 0. The van der Waals surface area contributed by atoms with Crippen LogP contribution in [-0.4, -0.2) is 11.4 Å². The molecule has 2 aromatic heterocycles. The first-order valence-electron chi connectivity index (χ1n) is 20.5. The summed E-state index contributed by atoms with van der Waals surface area (Å²) < 4.78 is 9.22. The molecule has 4 heterocycles. The standard InChI is InChI=1S/C53H45BN2O/c1-51(2,3)30-17-20-32(21-18-30)56-46-28-40-34-14-10-12-16-47(34)57-48(40)29-39(46)35-22-23-36-38-26-42-37(33-13-9-11-15-41(33)53(42,7)8)27-45(38)55-44-24-19-31(52(4,5)6)25-43(44)54(56)49(35)50(36)55/h9-29H,1-8H3. The molecule has 3 nitrogen and oxygen atoms in total. The summed E-state index contributed by atoms with van der Waals surface area (Å²) >= 11 is 0. The number of furan rings is 1. The normalized spacial score (nSPS) is 15.1. The molecule has 3 aliphatic rings. The number of benzene rings is 7. The molecular formula is C53H45BN2O. The topological polar surface area (TPSA) is 21.3 Å². The molecule has 0 fully saturated rings. The summed E-state index contributed by atoms with van der Waals surface area (Å²) in [5.74, 6) is 0. The van der Waals surface area contributed by atoms with Gasteiger partial charge in [0.2, 0.25) is 0 Å². The van der Waals surface area contributed by atoms with Crippen LogP contribution in [0, 0.1) is 0 Å². The van der Waals surface area contributed by atoms with Gasteiger partial charge < -0.3 is 13.8 Å². The van der Waals surface area contributed by atoms with Crippen molar-refractivity contribution in [1.29, 1.82) is 0 Å². The van der Waals surface area contributed by atoms with Gasteiger partial charge in [0.05, 0.1) is 11.0 Å². The van der Waals surface area contributed by atoms with Crippen molar-refractivity contribution < 1.29 is 4.42 Å². The second kappa shape index (κ2) is 10.7. The molecule has 0 bridgehead atoms. The molecule has 1 aliphatic carbocycles. The highest BCUT2D eigenvalue weighted by Gasteiger charge is 2.45. The SMILES string of the molecule is CC(C)(C)c1ccc(N2B3c4cc(C(C)(C)C)ccc4-n4c5cc6c(cc5c5ccc(c3c54)-c3cc4oc5ccccc5c4cc32)C(C)(C)c2ccccc2-6)cc1. The zero-order valence-electron chi connectivity index (χ0n) is 34.0. The first-order valence-corrected chi connectivity index (χ1v) is 20.5. The molecule has 0 saturated heterocycles. The van der Waals surface area contributed by atoms with Crippen LogP contribution in [-0.2, 0) is 16.2 Å². The lowest BCUT2D eigenvalue weighted by Gasteiger charge is -2.42. The minimum Gasteiger partial charge on any atom is -0.456 e. The molecule has 57 heavy (non-hydrogen) atoms. The average Bonchev–Trinajstić information content (AvgIpc) is 3.80. The summed E-state index contributed by atoms with van der Waals surface area (Å²) in [4.78, 5) is 2.65. The van der Waals surface area contributed by atoms with Gasteiger partial charge in [0.25, 0.3) is 0 Å². The molecule has 0 atom stereocenters. The van der Waals surface area contributed by atoms with E-state index >= 15 is 0 Å². The highest BCUT2D eigenvalue weighted by molar-refractivity contribution is 6.93. The van der Waals surface area contributed by atoms with Crippen LogP contribution in [0.1, 0.15) is 77.6 Å². The van der Waals surface area contributed by atoms with Crippen molar-refractivity contribution in [2.24, 2.45) is 0 Å². The van der Waals surface area contributed by atoms with Gasteiger partial charge >= 0.3 is 6.85 Å². The van der Waals surface area contributed by atoms with Gasteiger partial charge in [-0.05, 0) is 109 Å². The first kappa shape index (κ1) is 33.2. The molecule has 7 aromatic carbocycles. The number of aromatic nitrogens is 1. The maximum absolute atomic E-state index is 6.61. The second-order valence-corrected chi connectivity index (χ2v) is 19.4. The Hall–Kier alpha value is -6.00. The van der Waals surface area contributed by atoms with Crippen LogP contribution in [0.2, 0.25) is 0 Å². The molecule has 2 aliphatic heterocycles. The maximum atomic E-state index is 6.61. The van der Waals surface area contributed by atoms with Crippen molar-refractivity contribution in [2.75, 3.05) is 4.81 Å². The number of hydrogen-bond acceptors (Lipinski definition) is 2. The summed E-state index contributed by atoms with van der Waals surface area (Å²) in [6.07, 6.45) is 0. The van der Waals surface area contributed by atoms with Crippen LogP contribution < -0.4 is 15.7 Å². The summed E-state index contributed by atoms with van der Waals surface area (Å²) in [5.41, 5.74) is 21.4. The van der Waals surface area contributed by atoms with Crippen LogP contribution in [0.15, 0.2) is 132 Å². The van der Waals surface area contributed by atoms with Crippen LogP contribution in [0.3, 0.4) is 0 Å². The van der Waals surface area contributed by atoms with Crippen LogP contribution >= 0.6 is 0 Å². The second-order valence-electron chi connectivity index (χ2n) is 19.4. The van der Waals surface area contributed by atoms with Crippen molar-refractivity contribution in [2.45, 2.75) is 71.6 Å². The van der Waals surface area contributed by atoms with E-state index in [0.717, 1.165) is 21.9 Å². The fourth-order valence-corrected chi connectivity index (χ4v) is 10.7. The molecular weight excluding hydrogens is 691 g/mol. The minimum absolute atomic E-state index is 0.0212. The lowest BCUT2D eigenvalue weighted by molar-refractivity contribution is 0.590. The van der Waals surface area contributed by atoms with E-state index in [0.29, 0.717) is 0 Å². The fourth-order valence-electron chi connectivity index (χ4n) is 10.7. The van der Waals surface area contributed by atoms with Crippen LogP contribution in [0.25, 0.3) is 71.7 Å². The molecule has 0 spiro atoms.